The van der Waals surface area contributed by atoms with E-state index in [1.807, 2.05) is 0 Å². The highest BCUT2D eigenvalue weighted by Gasteiger charge is 1.99. The molecule has 0 aromatic carbocycles. The highest BCUT2D eigenvalue weighted by molar-refractivity contribution is 4.54. The Morgan fingerprint density at radius 1 is 0.184 bits per heavy atom. The van der Waals surface area contributed by atoms with Crippen LogP contribution in [0.5, 0.6) is 0 Å². The van der Waals surface area contributed by atoms with Gasteiger partial charge in [0.2, 0.25) is 0 Å². The Labute approximate surface area is 314 Å². The van der Waals surface area contributed by atoms with Crippen LogP contribution in [-0.2, 0) is 0 Å². The number of hydrogen-bond acceptors (Lipinski definition) is 0. The van der Waals surface area contributed by atoms with Crippen molar-refractivity contribution in [3.8, 4) is 0 Å². The van der Waals surface area contributed by atoms with E-state index in [0.29, 0.717) is 0 Å². The molecule has 49 heavy (non-hydrogen) atoms. The van der Waals surface area contributed by atoms with E-state index in [9.17, 15) is 0 Å². The van der Waals surface area contributed by atoms with Crippen molar-refractivity contribution < 1.29 is 0 Å². The van der Waals surface area contributed by atoms with Crippen molar-refractivity contribution >= 4 is 0 Å². The van der Waals surface area contributed by atoms with Crippen LogP contribution in [0.15, 0.2) is 0 Å². The van der Waals surface area contributed by atoms with Gasteiger partial charge in [-0.2, -0.15) is 0 Å². The SMILES string of the molecule is CCCCCCCCCCCCCCCCCCCCCCCCCCCCCCCCCCCCCCCCCCCCCCC(C)C. The van der Waals surface area contributed by atoms with Gasteiger partial charge >= 0.3 is 0 Å². The molecule has 0 fully saturated rings. The van der Waals surface area contributed by atoms with E-state index in [1.54, 1.807) is 0 Å². The van der Waals surface area contributed by atoms with Gasteiger partial charge in [-0.05, 0) is 5.92 Å². The summed E-state index contributed by atoms with van der Waals surface area (Å²) in [7, 11) is 0. The van der Waals surface area contributed by atoms with E-state index >= 15 is 0 Å². The summed E-state index contributed by atoms with van der Waals surface area (Å²) in [6, 6.07) is 0. The minimum Gasteiger partial charge on any atom is -0.0654 e. The third-order valence-corrected chi connectivity index (χ3v) is 11.6. The van der Waals surface area contributed by atoms with E-state index in [2.05, 4.69) is 20.8 Å². The molecule has 0 nitrogen and oxygen atoms in total. The van der Waals surface area contributed by atoms with E-state index in [1.165, 1.54) is 289 Å². The molecule has 0 aromatic rings. The van der Waals surface area contributed by atoms with Gasteiger partial charge in [-0.15, -0.1) is 0 Å². The first-order valence-corrected chi connectivity index (χ1v) is 24.3. The first kappa shape index (κ1) is 49.0. The molecule has 0 aromatic heterocycles. The van der Waals surface area contributed by atoms with E-state index in [0.717, 1.165) is 5.92 Å². The van der Waals surface area contributed by atoms with Crippen molar-refractivity contribution in [1.82, 2.24) is 0 Å². The Bertz CT molecular complexity index is 534. The first-order chi connectivity index (χ1) is 24.3. The van der Waals surface area contributed by atoms with Gasteiger partial charge in [-0.1, -0.05) is 310 Å². The second kappa shape index (κ2) is 46.0. The van der Waals surface area contributed by atoms with Crippen molar-refractivity contribution in [2.45, 2.75) is 310 Å². The maximum absolute atomic E-state index is 2.35. The Balaban J connectivity index is 3.04. The third kappa shape index (κ3) is 48.0. The van der Waals surface area contributed by atoms with Gasteiger partial charge in [0.25, 0.3) is 0 Å². The summed E-state index contributed by atoms with van der Waals surface area (Å²) in [4.78, 5) is 0. The summed E-state index contributed by atoms with van der Waals surface area (Å²) in [6.07, 6.45) is 66.9. The normalized spacial score (nSPS) is 11.8. The minimum atomic E-state index is 0.896. The van der Waals surface area contributed by atoms with Crippen LogP contribution in [0.4, 0.5) is 0 Å². The number of rotatable bonds is 45. The second-order valence-electron chi connectivity index (χ2n) is 17.4. The Kier molecular flexibility index (Phi) is 46.0. The predicted octanol–water partition coefficient (Wildman–Crippen LogP) is 19.2. The van der Waals surface area contributed by atoms with Crippen LogP contribution in [0.1, 0.15) is 310 Å². The molecule has 0 N–H and O–H groups in total. The van der Waals surface area contributed by atoms with Gasteiger partial charge in [0.15, 0.2) is 0 Å². The molecule has 0 spiro atoms. The van der Waals surface area contributed by atoms with E-state index in [-0.39, 0.29) is 0 Å². The molecule has 0 aliphatic heterocycles. The molecule has 0 aliphatic rings. The van der Waals surface area contributed by atoms with Gasteiger partial charge in [0.05, 0.1) is 0 Å². The Hall–Kier alpha value is 0. The molecule has 0 rings (SSSR count). The summed E-state index contributed by atoms with van der Waals surface area (Å²) in [5, 5.41) is 0. The molecule has 0 heteroatoms. The van der Waals surface area contributed by atoms with Gasteiger partial charge in [0.1, 0.15) is 0 Å². The smallest absolute Gasteiger partial charge is 0.0471 e. The molecule has 0 radical (unpaired) electrons. The quantitative estimate of drug-likeness (QED) is 0.0559. The summed E-state index contributed by atoms with van der Waals surface area (Å²) < 4.78 is 0. The number of unbranched alkanes of at least 4 members (excludes halogenated alkanes) is 43. The van der Waals surface area contributed by atoms with Crippen LogP contribution in [0.25, 0.3) is 0 Å². The lowest BCUT2D eigenvalue weighted by atomic mass is 10.0. The number of hydrogen-bond donors (Lipinski definition) is 0. The zero-order chi connectivity index (χ0) is 35.4. The largest absolute Gasteiger partial charge is 0.0654 e. The van der Waals surface area contributed by atoms with Crippen LogP contribution in [-0.4, -0.2) is 0 Å². The fraction of sp³-hybridized carbons (Fsp3) is 1.00. The zero-order valence-electron chi connectivity index (χ0n) is 35.4. The molecule has 0 unspecified atom stereocenters. The average Bonchev–Trinajstić information content (AvgIpc) is 3.10. The molecule has 0 atom stereocenters. The lowest BCUT2D eigenvalue weighted by molar-refractivity contribution is 0.500. The monoisotopic (exact) mass is 689 g/mol. The van der Waals surface area contributed by atoms with Crippen LogP contribution >= 0.6 is 0 Å². The van der Waals surface area contributed by atoms with Crippen molar-refractivity contribution in [3.05, 3.63) is 0 Å². The summed E-state index contributed by atoms with van der Waals surface area (Å²) in [5.41, 5.74) is 0. The average molecular weight is 689 g/mol. The van der Waals surface area contributed by atoms with Crippen molar-refractivity contribution in [2.75, 3.05) is 0 Å². The molecular formula is C49H100. The second-order valence-corrected chi connectivity index (χ2v) is 17.4. The van der Waals surface area contributed by atoms with Crippen molar-refractivity contribution in [2.24, 2.45) is 5.92 Å². The Morgan fingerprint density at radius 3 is 0.429 bits per heavy atom. The standard InChI is InChI=1S/C49H100/c1-4-5-6-7-8-9-10-11-12-13-14-15-16-17-18-19-20-21-22-23-24-25-26-27-28-29-30-31-32-33-34-35-36-37-38-39-40-41-42-43-44-45-46-47-48-49(2)3/h49H,4-48H2,1-3H3. The van der Waals surface area contributed by atoms with Gasteiger partial charge in [-0.3, -0.25) is 0 Å². The van der Waals surface area contributed by atoms with Crippen LogP contribution in [0.3, 0.4) is 0 Å². The highest BCUT2D eigenvalue weighted by atomic mass is 14.1. The molecule has 0 amide bonds. The molecule has 0 saturated heterocycles. The van der Waals surface area contributed by atoms with Crippen LogP contribution in [0.2, 0.25) is 0 Å². The van der Waals surface area contributed by atoms with E-state index in [4.69, 9.17) is 0 Å². The fourth-order valence-corrected chi connectivity index (χ4v) is 8.05. The van der Waals surface area contributed by atoms with Gasteiger partial charge in [0, 0.05) is 0 Å². The van der Waals surface area contributed by atoms with Crippen molar-refractivity contribution in [1.29, 1.82) is 0 Å². The third-order valence-electron chi connectivity index (χ3n) is 11.6. The first-order valence-electron chi connectivity index (χ1n) is 24.3. The summed E-state index contributed by atoms with van der Waals surface area (Å²) in [5.74, 6) is 0.896. The topological polar surface area (TPSA) is 0 Å². The Morgan fingerprint density at radius 2 is 0.306 bits per heavy atom. The maximum atomic E-state index is 2.35. The zero-order valence-corrected chi connectivity index (χ0v) is 35.4. The summed E-state index contributed by atoms with van der Waals surface area (Å²) >= 11 is 0. The lowest BCUT2D eigenvalue weighted by Gasteiger charge is -2.05. The minimum absolute atomic E-state index is 0.896. The van der Waals surface area contributed by atoms with Crippen LogP contribution < -0.4 is 0 Å². The van der Waals surface area contributed by atoms with Gasteiger partial charge in [-0.25, -0.2) is 0 Å². The molecule has 0 heterocycles. The summed E-state index contributed by atoms with van der Waals surface area (Å²) in [6.45, 7) is 7.02. The predicted molar refractivity (Wildman–Crippen MR) is 228 cm³/mol. The fourth-order valence-electron chi connectivity index (χ4n) is 8.05. The molecular weight excluding hydrogens is 589 g/mol. The highest BCUT2D eigenvalue weighted by Crippen LogP contribution is 2.18. The van der Waals surface area contributed by atoms with Crippen molar-refractivity contribution in [3.63, 3.8) is 0 Å². The van der Waals surface area contributed by atoms with Crippen LogP contribution in [0, 0.1) is 5.92 Å². The molecule has 0 saturated carbocycles. The molecule has 0 bridgehead atoms. The molecule has 0 aliphatic carbocycles. The van der Waals surface area contributed by atoms with E-state index < -0.39 is 0 Å². The van der Waals surface area contributed by atoms with Gasteiger partial charge < -0.3 is 0 Å². The maximum Gasteiger partial charge on any atom is -0.0471 e. The lowest BCUT2D eigenvalue weighted by Crippen LogP contribution is -1.87. The molecule has 296 valence electrons.